The number of nitrogens with zero attached hydrogens (tertiary/aromatic N) is 2. The number of hydrogen-bond donors (Lipinski definition) is 1. The first-order chi connectivity index (χ1) is 7.79. The van der Waals surface area contributed by atoms with Crippen molar-refractivity contribution in [2.45, 2.75) is 12.8 Å². The lowest BCUT2D eigenvalue weighted by molar-refractivity contribution is -0.127. The molecule has 0 radical (unpaired) electrons. The van der Waals surface area contributed by atoms with Gasteiger partial charge < -0.3 is 10.0 Å². The Morgan fingerprint density at radius 1 is 1.44 bits per heavy atom. The lowest BCUT2D eigenvalue weighted by Gasteiger charge is -2.15. The summed E-state index contributed by atoms with van der Waals surface area (Å²) in [6.07, 6.45) is 4.87. The fraction of sp³-hybridized carbons (Fsp3) is 0.500. The second-order valence-corrected chi connectivity index (χ2v) is 4.20. The number of hydrogen-bond acceptors (Lipinski definition) is 3. The van der Waals surface area contributed by atoms with E-state index in [2.05, 4.69) is 4.98 Å². The van der Waals surface area contributed by atoms with Crippen LogP contribution in [-0.2, 0) is 11.2 Å². The Balaban J connectivity index is 1.85. The second-order valence-electron chi connectivity index (χ2n) is 4.20. The summed E-state index contributed by atoms with van der Waals surface area (Å²) < 4.78 is 0. The van der Waals surface area contributed by atoms with Crippen LogP contribution in [0.4, 0.5) is 0 Å². The normalized spacial score (nSPS) is 20.4. The van der Waals surface area contributed by atoms with Gasteiger partial charge in [0.15, 0.2) is 0 Å². The molecule has 1 unspecified atom stereocenters. The van der Waals surface area contributed by atoms with E-state index in [-0.39, 0.29) is 18.4 Å². The third-order valence-corrected chi connectivity index (χ3v) is 2.97. The topological polar surface area (TPSA) is 53.4 Å². The molecule has 1 aromatic heterocycles. The van der Waals surface area contributed by atoms with Crippen molar-refractivity contribution < 1.29 is 9.90 Å². The van der Waals surface area contributed by atoms with Crippen molar-refractivity contribution in [2.24, 2.45) is 5.92 Å². The first kappa shape index (κ1) is 11.1. The Hall–Kier alpha value is -1.42. The molecule has 16 heavy (non-hydrogen) atoms. The molecule has 86 valence electrons. The predicted molar refractivity (Wildman–Crippen MR) is 59.7 cm³/mol. The Morgan fingerprint density at radius 2 is 2.19 bits per heavy atom. The fourth-order valence-corrected chi connectivity index (χ4v) is 2.01. The molecule has 1 saturated heterocycles. The molecule has 4 heteroatoms. The molecule has 0 aromatic carbocycles. The van der Waals surface area contributed by atoms with Crippen LogP contribution in [0.3, 0.4) is 0 Å². The maximum atomic E-state index is 11.6. The summed E-state index contributed by atoms with van der Waals surface area (Å²) in [5.41, 5.74) is 1.19. The van der Waals surface area contributed by atoms with Gasteiger partial charge in [0.25, 0.3) is 0 Å². The van der Waals surface area contributed by atoms with E-state index in [1.165, 1.54) is 5.56 Å². The quantitative estimate of drug-likeness (QED) is 0.802. The van der Waals surface area contributed by atoms with Gasteiger partial charge in [0, 0.05) is 44.4 Å². The van der Waals surface area contributed by atoms with Gasteiger partial charge in [-0.1, -0.05) is 0 Å². The van der Waals surface area contributed by atoms with Gasteiger partial charge in [0.05, 0.1) is 0 Å². The van der Waals surface area contributed by atoms with Gasteiger partial charge in [-0.25, -0.2) is 0 Å². The highest BCUT2D eigenvalue weighted by Gasteiger charge is 2.28. The maximum absolute atomic E-state index is 11.6. The molecule has 1 atom stereocenters. The first-order valence-electron chi connectivity index (χ1n) is 5.57. The number of aromatic nitrogens is 1. The van der Waals surface area contributed by atoms with Gasteiger partial charge in [0.1, 0.15) is 0 Å². The highest BCUT2D eigenvalue weighted by molar-refractivity contribution is 5.78. The van der Waals surface area contributed by atoms with Gasteiger partial charge in [-0.15, -0.1) is 0 Å². The molecule has 0 saturated carbocycles. The van der Waals surface area contributed by atoms with Crippen LogP contribution in [0.25, 0.3) is 0 Å². The monoisotopic (exact) mass is 220 g/mol. The summed E-state index contributed by atoms with van der Waals surface area (Å²) >= 11 is 0. The number of likely N-dealkylation sites (tertiary alicyclic amines) is 1. The SMILES string of the molecule is O=C1CC(CO)CN1CCc1ccncc1. The number of rotatable bonds is 4. The van der Waals surface area contributed by atoms with Crippen LogP contribution >= 0.6 is 0 Å². The summed E-state index contributed by atoms with van der Waals surface area (Å²) in [5, 5.41) is 9.00. The Morgan fingerprint density at radius 3 is 2.81 bits per heavy atom. The predicted octanol–water partition coefficient (Wildman–Crippen LogP) is 0.465. The standard InChI is InChI=1S/C12H16N2O2/c15-9-11-7-12(16)14(8-11)6-3-10-1-4-13-5-2-10/h1-2,4-5,11,15H,3,6-9H2. The summed E-state index contributed by atoms with van der Waals surface area (Å²) in [5.74, 6) is 0.290. The minimum absolute atomic E-state index is 0.109. The van der Waals surface area contributed by atoms with Crippen LogP contribution in [0.5, 0.6) is 0 Å². The molecule has 1 aliphatic heterocycles. The van der Waals surface area contributed by atoms with Gasteiger partial charge >= 0.3 is 0 Å². The minimum atomic E-state index is 0.109. The fourth-order valence-electron chi connectivity index (χ4n) is 2.01. The highest BCUT2D eigenvalue weighted by atomic mass is 16.3. The summed E-state index contributed by atoms with van der Waals surface area (Å²) in [4.78, 5) is 17.4. The maximum Gasteiger partial charge on any atom is 0.223 e. The molecule has 1 N–H and O–H groups in total. The zero-order chi connectivity index (χ0) is 11.4. The van der Waals surface area contributed by atoms with Gasteiger partial charge in [-0.05, 0) is 24.1 Å². The number of aliphatic hydroxyl groups is 1. The van der Waals surface area contributed by atoms with E-state index in [0.717, 1.165) is 13.0 Å². The van der Waals surface area contributed by atoms with Crippen molar-refractivity contribution >= 4 is 5.91 Å². The van der Waals surface area contributed by atoms with E-state index in [1.54, 1.807) is 12.4 Å². The van der Waals surface area contributed by atoms with E-state index in [0.29, 0.717) is 13.0 Å². The average Bonchev–Trinajstić information content (AvgIpc) is 2.69. The molecule has 1 aromatic rings. The van der Waals surface area contributed by atoms with E-state index < -0.39 is 0 Å². The zero-order valence-electron chi connectivity index (χ0n) is 9.17. The Kier molecular flexibility index (Phi) is 3.51. The summed E-state index contributed by atoms with van der Waals surface area (Å²) in [6.45, 7) is 1.54. The minimum Gasteiger partial charge on any atom is -0.396 e. The largest absolute Gasteiger partial charge is 0.396 e. The third kappa shape index (κ3) is 2.58. The lowest BCUT2D eigenvalue weighted by Crippen LogP contribution is -2.27. The van der Waals surface area contributed by atoms with Crippen molar-refractivity contribution in [3.05, 3.63) is 30.1 Å². The van der Waals surface area contributed by atoms with E-state index in [1.807, 2.05) is 17.0 Å². The van der Waals surface area contributed by atoms with Crippen molar-refractivity contribution in [3.8, 4) is 0 Å². The molecule has 2 rings (SSSR count). The number of carbonyl (C=O) groups excluding carboxylic acids is 1. The van der Waals surface area contributed by atoms with Crippen molar-refractivity contribution in [1.29, 1.82) is 0 Å². The van der Waals surface area contributed by atoms with Crippen LogP contribution in [0, 0.1) is 5.92 Å². The molecule has 1 amide bonds. The van der Waals surface area contributed by atoms with Gasteiger partial charge in [0.2, 0.25) is 5.91 Å². The molecule has 2 heterocycles. The number of pyridine rings is 1. The highest BCUT2D eigenvalue weighted by Crippen LogP contribution is 2.17. The second kappa shape index (κ2) is 5.07. The van der Waals surface area contributed by atoms with Crippen molar-refractivity contribution in [1.82, 2.24) is 9.88 Å². The number of carbonyl (C=O) groups is 1. The average molecular weight is 220 g/mol. The molecule has 1 fully saturated rings. The molecular formula is C12H16N2O2. The van der Waals surface area contributed by atoms with Crippen LogP contribution < -0.4 is 0 Å². The molecule has 1 aliphatic rings. The van der Waals surface area contributed by atoms with Crippen LogP contribution in [-0.4, -0.2) is 40.6 Å². The summed E-state index contributed by atoms with van der Waals surface area (Å²) in [6, 6.07) is 3.92. The lowest BCUT2D eigenvalue weighted by atomic mass is 10.1. The van der Waals surface area contributed by atoms with E-state index in [4.69, 9.17) is 5.11 Å². The zero-order valence-corrected chi connectivity index (χ0v) is 9.17. The van der Waals surface area contributed by atoms with Crippen LogP contribution in [0.2, 0.25) is 0 Å². The number of amides is 1. The van der Waals surface area contributed by atoms with Crippen molar-refractivity contribution in [2.75, 3.05) is 19.7 Å². The molecule has 0 spiro atoms. The number of aliphatic hydroxyl groups excluding tert-OH is 1. The third-order valence-electron chi connectivity index (χ3n) is 2.97. The van der Waals surface area contributed by atoms with Gasteiger partial charge in [-0.2, -0.15) is 0 Å². The van der Waals surface area contributed by atoms with E-state index in [9.17, 15) is 4.79 Å². The van der Waals surface area contributed by atoms with E-state index >= 15 is 0 Å². The van der Waals surface area contributed by atoms with Gasteiger partial charge in [-0.3, -0.25) is 9.78 Å². The van der Waals surface area contributed by atoms with Crippen LogP contribution in [0.1, 0.15) is 12.0 Å². The molecule has 0 aliphatic carbocycles. The first-order valence-corrected chi connectivity index (χ1v) is 5.57. The van der Waals surface area contributed by atoms with Crippen molar-refractivity contribution in [3.63, 3.8) is 0 Å². The Labute approximate surface area is 94.9 Å². The smallest absolute Gasteiger partial charge is 0.223 e. The molecule has 4 nitrogen and oxygen atoms in total. The summed E-state index contributed by atoms with van der Waals surface area (Å²) in [7, 11) is 0. The molecule has 0 bridgehead atoms. The molecular weight excluding hydrogens is 204 g/mol. The van der Waals surface area contributed by atoms with Crippen LogP contribution in [0.15, 0.2) is 24.5 Å². The Bertz CT molecular complexity index is 353.